The molecule has 1 heterocycles. The second-order valence-electron chi connectivity index (χ2n) is 4.58. The van der Waals surface area contributed by atoms with Crippen LogP contribution in [0.25, 0.3) is 0 Å². The minimum absolute atomic E-state index is 0.0967. The molecule has 3 heteroatoms. The molecule has 0 aliphatic rings. The van der Waals surface area contributed by atoms with Gasteiger partial charge in [0.15, 0.2) is 0 Å². The number of benzene rings is 1. The Hall–Kier alpha value is -1.58. The van der Waals surface area contributed by atoms with Gasteiger partial charge in [0.25, 0.3) is 0 Å². The molecule has 2 aromatic rings. The first-order valence-electron chi connectivity index (χ1n) is 6.18. The van der Waals surface area contributed by atoms with Crippen molar-refractivity contribution in [1.82, 2.24) is 5.32 Å². The van der Waals surface area contributed by atoms with Crippen LogP contribution in [0.4, 0.5) is 0 Å². The van der Waals surface area contributed by atoms with Gasteiger partial charge in [-0.25, -0.2) is 0 Å². The lowest BCUT2D eigenvalue weighted by molar-refractivity contribution is 0.169. The highest BCUT2D eigenvalue weighted by Gasteiger charge is 2.12. The molecule has 2 N–H and O–H groups in total. The summed E-state index contributed by atoms with van der Waals surface area (Å²) in [5, 5.41) is 13.4. The van der Waals surface area contributed by atoms with Crippen molar-refractivity contribution >= 4 is 0 Å². The van der Waals surface area contributed by atoms with E-state index in [9.17, 15) is 5.11 Å². The van der Waals surface area contributed by atoms with E-state index < -0.39 is 6.10 Å². The van der Waals surface area contributed by atoms with E-state index in [1.807, 2.05) is 50.2 Å². The maximum atomic E-state index is 10.1. The Bertz CT molecular complexity index is 479. The zero-order chi connectivity index (χ0) is 13.0. The van der Waals surface area contributed by atoms with Crippen molar-refractivity contribution in [3.05, 3.63) is 59.5 Å². The monoisotopic (exact) mass is 245 g/mol. The molecule has 2 atom stereocenters. The number of furan rings is 1. The molecule has 0 spiro atoms. The van der Waals surface area contributed by atoms with E-state index in [0.717, 1.165) is 16.9 Å². The molecule has 0 amide bonds. The van der Waals surface area contributed by atoms with Crippen LogP contribution in [-0.4, -0.2) is 11.7 Å². The molecular weight excluding hydrogens is 226 g/mol. The number of hydrogen-bond donors (Lipinski definition) is 2. The van der Waals surface area contributed by atoms with Crippen molar-refractivity contribution in [2.24, 2.45) is 0 Å². The first-order chi connectivity index (χ1) is 8.66. The van der Waals surface area contributed by atoms with Crippen LogP contribution in [0.3, 0.4) is 0 Å². The summed E-state index contributed by atoms with van der Waals surface area (Å²) in [5.74, 6) is 0.881. The molecule has 2 rings (SSSR count). The van der Waals surface area contributed by atoms with E-state index in [0.29, 0.717) is 6.54 Å². The Morgan fingerprint density at radius 1 is 1.28 bits per heavy atom. The van der Waals surface area contributed by atoms with Crippen molar-refractivity contribution in [2.75, 3.05) is 6.54 Å². The third kappa shape index (κ3) is 3.22. The summed E-state index contributed by atoms with van der Waals surface area (Å²) in [5.41, 5.74) is 2.10. The fraction of sp³-hybridized carbons (Fsp3) is 0.333. The Labute approximate surface area is 107 Å². The van der Waals surface area contributed by atoms with Crippen molar-refractivity contribution in [3.8, 4) is 0 Å². The summed E-state index contributed by atoms with van der Waals surface area (Å²) < 4.78 is 5.31. The highest BCUT2D eigenvalue weighted by Crippen LogP contribution is 2.16. The van der Waals surface area contributed by atoms with Gasteiger partial charge in [-0.05, 0) is 31.5 Å². The molecule has 0 saturated heterocycles. The number of rotatable bonds is 5. The number of aliphatic hydroxyl groups is 1. The van der Waals surface area contributed by atoms with Crippen LogP contribution in [0, 0.1) is 6.92 Å². The zero-order valence-electron chi connectivity index (χ0n) is 10.8. The number of aryl methyl sites for hydroxylation is 1. The fourth-order valence-corrected chi connectivity index (χ4v) is 1.92. The van der Waals surface area contributed by atoms with E-state index in [2.05, 4.69) is 5.32 Å². The van der Waals surface area contributed by atoms with Crippen molar-refractivity contribution < 1.29 is 9.52 Å². The Morgan fingerprint density at radius 2 is 2.11 bits per heavy atom. The highest BCUT2D eigenvalue weighted by molar-refractivity contribution is 5.24. The smallest absolute Gasteiger partial charge is 0.120 e. The molecule has 0 aliphatic carbocycles. The van der Waals surface area contributed by atoms with Crippen LogP contribution in [0.15, 0.2) is 47.1 Å². The van der Waals surface area contributed by atoms with Gasteiger partial charge < -0.3 is 14.8 Å². The second-order valence-corrected chi connectivity index (χ2v) is 4.58. The molecule has 1 aromatic carbocycles. The molecule has 3 nitrogen and oxygen atoms in total. The van der Waals surface area contributed by atoms with Crippen molar-refractivity contribution in [3.63, 3.8) is 0 Å². The Balaban J connectivity index is 1.90. The Morgan fingerprint density at radius 3 is 2.78 bits per heavy atom. The van der Waals surface area contributed by atoms with Gasteiger partial charge in [0.2, 0.25) is 0 Å². The summed E-state index contributed by atoms with van der Waals surface area (Å²) >= 11 is 0. The molecule has 96 valence electrons. The van der Waals surface area contributed by atoms with Gasteiger partial charge in [0, 0.05) is 6.54 Å². The maximum absolute atomic E-state index is 10.1. The SMILES string of the molecule is Cc1cccc(C(O)CNC(C)c2ccco2)c1. The first kappa shape index (κ1) is 12.9. The minimum atomic E-state index is -0.498. The van der Waals surface area contributed by atoms with Crippen LogP contribution in [-0.2, 0) is 0 Å². The molecule has 0 saturated carbocycles. The van der Waals surface area contributed by atoms with Gasteiger partial charge in [-0.15, -0.1) is 0 Å². The zero-order valence-corrected chi connectivity index (χ0v) is 10.8. The lowest BCUT2D eigenvalue weighted by Crippen LogP contribution is -2.24. The lowest BCUT2D eigenvalue weighted by Gasteiger charge is -2.16. The molecule has 1 aromatic heterocycles. The molecule has 0 bridgehead atoms. The van der Waals surface area contributed by atoms with Gasteiger partial charge in [-0.1, -0.05) is 29.8 Å². The summed E-state index contributed by atoms with van der Waals surface area (Å²) in [6, 6.07) is 11.8. The van der Waals surface area contributed by atoms with E-state index in [4.69, 9.17) is 4.42 Å². The van der Waals surface area contributed by atoms with E-state index >= 15 is 0 Å². The molecule has 2 unspecified atom stereocenters. The standard InChI is InChI=1S/C15H19NO2/c1-11-5-3-6-13(9-11)14(17)10-16-12(2)15-7-4-8-18-15/h3-9,12,14,16-17H,10H2,1-2H3. The normalized spacial score (nSPS) is 14.4. The van der Waals surface area contributed by atoms with Gasteiger partial charge in [0.05, 0.1) is 18.4 Å². The van der Waals surface area contributed by atoms with Gasteiger partial charge >= 0.3 is 0 Å². The summed E-state index contributed by atoms with van der Waals surface area (Å²) in [4.78, 5) is 0. The van der Waals surface area contributed by atoms with Crippen LogP contribution in [0.5, 0.6) is 0 Å². The first-order valence-corrected chi connectivity index (χ1v) is 6.18. The number of aliphatic hydroxyl groups excluding tert-OH is 1. The molecule has 18 heavy (non-hydrogen) atoms. The predicted octanol–water partition coefficient (Wildman–Crippen LogP) is 2.97. The molecule has 0 fully saturated rings. The van der Waals surface area contributed by atoms with Crippen LogP contribution in [0.2, 0.25) is 0 Å². The quantitative estimate of drug-likeness (QED) is 0.851. The van der Waals surface area contributed by atoms with E-state index in [1.165, 1.54) is 0 Å². The minimum Gasteiger partial charge on any atom is -0.468 e. The molecular formula is C15H19NO2. The van der Waals surface area contributed by atoms with Gasteiger partial charge in [-0.2, -0.15) is 0 Å². The summed E-state index contributed by atoms with van der Waals surface area (Å²) in [6.07, 6.45) is 1.16. The van der Waals surface area contributed by atoms with Gasteiger partial charge in [0.1, 0.15) is 5.76 Å². The topological polar surface area (TPSA) is 45.4 Å². The maximum Gasteiger partial charge on any atom is 0.120 e. The summed E-state index contributed by atoms with van der Waals surface area (Å²) in [6.45, 7) is 4.54. The predicted molar refractivity (Wildman–Crippen MR) is 71.3 cm³/mol. The Kier molecular flexibility index (Phi) is 4.18. The van der Waals surface area contributed by atoms with E-state index in [1.54, 1.807) is 6.26 Å². The molecule has 0 aliphatic heterocycles. The third-order valence-electron chi connectivity index (χ3n) is 3.01. The fourth-order valence-electron chi connectivity index (χ4n) is 1.92. The highest BCUT2D eigenvalue weighted by atomic mass is 16.3. The second kappa shape index (κ2) is 5.85. The molecule has 0 radical (unpaired) electrons. The average Bonchev–Trinajstić information content (AvgIpc) is 2.89. The number of hydrogen-bond acceptors (Lipinski definition) is 3. The summed E-state index contributed by atoms with van der Waals surface area (Å²) in [7, 11) is 0. The number of nitrogens with one attached hydrogen (secondary N) is 1. The lowest BCUT2D eigenvalue weighted by atomic mass is 10.1. The van der Waals surface area contributed by atoms with E-state index in [-0.39, 0.29) is 6.04 Å². The van der Waals surface area contributed by atoms with Crippen LogP contribution in [0.1, 0.15) is 36.0 Å². The van der Waals surface area contributed by atoms with Crippen LogP contribution < -0.4 is 5.32 Å². The van der Waals surface area contributed by atoms with Crippen molar-refractivity contribution in [2.45, 2.75) is 26.0 Å². The van der Waals surface area contributed by atoms with Crippen LogP contribution >= 0.6 is 0 Å². The average molecular weight is 245 g/mol. The van der Waals surface area contributed by atoms with Crippen molar-refractivity contribution in [1.29, 1.82) is 0 Å². The van der Waals surface area contributed by atoms with Gasteiger partial charge in [-0.3, -0.25) is 0 Å². The largest absolute Gasteiger partial charge is 0.468 e. The third-order valence-corrected chi connectivity index (χ3v) is 3.01.